The normalized spacial score (nSPS) is 16.1. The average molecular weight is 276 g/mol. The van der Waals surface area contributed by atoms with Gasteiger partial charge in [0.1, 0.15) is 0 Å². The van der Waals surface area contributed by atoms with Crippen LogP contribution in [0.15, 0.2) is 5.38 Å². The monoisotopic (exact) mass is 276 g/mol. The first kappa shape index (κ1) is 12.8. The summed E-state index contributed by atoms with van der Waals surface area (Å²) < 4.78 is 25.8. The van der Waals surface area contributed by atoms with E-state index in [0.717, 1.165) is 18.5 Å². The SMILES string of the molecule is O=S(=O)(CCCCO)Nc1nc(C2CC2)cs1. The molecule has 1 fully saturated rings. The van der Waals surface area contributed by atoms with E-state index in [1.54, 1.807) is 0 Å². The second-order valence-corrected chi connectivity index (χ2v) is 6.90. The summed E-state index contributed by atoms with van der Waals surface area (Å²) in [6, 6.07) is 0. The van der Waals surface area contributed by atoms with E-state index in [4.69, 9.17) is 5.11 Å². The number of anilines is 1. The maximum absolute atomic E-state index is 11.6. The number of nitrogens with zero attached hydrogens (tertiary/aromatic N) is 1. The molecule has 0 aromatic carbocycles. The molecule has 1 saturated carbocycles. The van der Waals surface area contributed by atoms with E-state index < -0.39 is 10.0 Å². The van der Waals surface area contributed by atoms with Crippen molar-refractivity contribution in [3.05, 3.63) is 11.1 Å². The van der Waals surface area contributed by atoms with Crippen LogP contribution < -0.4 is 4.72 Å². The molecule has 0 atom stereocenters. The molecule has 1 aromatic heterocycles. The van der Waals surface area contributed by atoms with E-state index in [-0.39, 0.29) is 12.4 Å². The molecule has 0 bridgehead atoms. The van der Waals surface area contributed by atoms with Crippen molar-refractivity contribution in [1.29, 1.82) is 0 Å². The molecule has 2 rings (SSSR count). The fourth-order valence-electron chi connectivity index (χ4n) is 1.49. The molecule has 1 aliphatic carbocycles. The van der Waals surface area contributed by atoms with E-state index in [0.29, 0.717) is 23.9 Å². The highest BCUT2D eigenvalue weighted by atomic mass is 32.2. The summed E-state index contributed by atoms with van der Waals surface area (Å²) in [6.07, 6.45) is 3.29. The third kappa shape index (κ3) is 3.93. The summed E-state index contributed by atoms with van der Waals surface area (Å²) in [4.78, 5) is 4.26. The van der Waals surface area contributed by atoms with Crippen LogP contribution in [0.1, 0.15) is 37.3 Å². The zero-order valence-electron chi connectivity index (χ0n) is 9.42. The van der Waals surface area contributed by atoms with E-state index in [9.17, 15) is 8.42 Å². The number of aromatic nitrogens is 1. The number of unbranched alkanes of at least 4 members (excludes halogenated alkanes) is 1. The van der Waals surface area contributed by atoms with Gasteiger partial charge in [0.2, 0.25) is 10.0 Å². The number of thiazole rings is 1. The molecule has 7 heteroatoms. The lowest BCUT2D eigenvalue weighted by molar-refractivity contribution is 0.287. The average Bonchev–Trinajstić information content (AvgIpc) is 3.01. The molecule has 5 nitrogen and oxygen atoms in total. The molecule has 0 radical (unpaired) electrons. The van der Waals surface area contributed by atoms with Gasteiger partial charge in [-0.3, -0.25) is 4.72 Å². The van der Waals surface area contributed by atoms with Crippen LogP contribution in [0.25, 0.3) is 0 Å². The maximum atomic E-state index is 11.6. The summed E-state index contributed by atoms with van der Waals surface area (Å²) in [5, 5.41) is 11.0. The van der Waals surface area contributed by atoms with Crippen LogP contribution in [0.4, 0.5) is 5.13 Å². The number of nitrogens with one attached hydrogen (secondary N) is 1. The van der Waals surface area contributed by atoms with Gasteiger partial charge in [0, 0.05) is 17.9 Å². The predicted octanol–water partition coefficient (Wildman–Crippen LogP) is 1.53. The van der Waals surface area contributed by atoms with Crippen LogP contribution in [0.5, 0.6) is 0 Å². The Balaban J connectivity index is 1.89. The zero-order valence-corrected chi connectivity index (χ0v) is 11.1. The van der Waals surface area contributed by atoms with Gasteiger partial charge in [-0.25, -0.2) is 13.4 Å². The van der Waals surface area contributed by atoms with Crippen LogP contribution in [-0.4, -0.2) is 30.9 Å². The van der Waals surface area contributed by atoms with Crippen LogP contribution in [-0.2, 0) is 10.0 Å². The summed E-state index contributed by atoms with van der Waals surface area (Å²) in [6.45, 7) is 0.0264. The summed E-state index contributed by atoms with van der Waals surface area (Å²) in [5.74, 6) is 0.574. The first-order chi connectivity index (χ1) is 8.11. The molecule has 0 amide bonds. The largest absolute Gasteiger partial charge is 0.396 e. The molecule has 1 aromatic rings. The van der Waals surface area contributed by atoms with Gasteiger partial charge in [0.15, 0.2) is 5.13 Å². The minimum absolute atomic E-state index is 0.0264. The van der Waals surface area contributed by atoms with E-state index in [1.807, 2.05) is 5.38 Å². The van der Waals surface area contributed by atoms with Crippen LogP contribution >= 0.6 is 11.3 Å². The number of rotatable bonds is 7. The first-order valence-electron chi connectivity index (χ1n) is 5.67. The Bertz CT molecular complexity index is 466. The van der Waals surface area contributed by atoms with E-state index in [2.05, 4.69) is 9.71 Å². The fourth-order valence-corrected chi connectivity index (χ4v) is 3.69. The Morgan fingerprint density at radius 2 is 2.24 bits per heavy atom. The molecule has 0 saturated heterocycles. The second-order valence-electron chi connectivity index (χ2n) is 4.20. The molecule has 2 N–H and O–H groups in total. The van der Waals surface area contributed by atoms with Crippen molar-refractivity contribution in [2.75, 3.05) is 17.1 Å². The minimum atomic E-state index is -3.31. The van der Waals surface area contributed by atoms with Crippen LogP contribution in [0.2, 0.25) is 0 Å². The summed E-state index contributed by atoms with van der Waals surface area (Å²) >= 11 is 1.33. The maximum Gasteiger partial charge on any atom is 0.234 e. The molecule has 96 valence electrons. The summed E-state index contributed by atoms with van der Waals surface area (Å²) in [7, 11) is -3.31. The van der Waals surface area contributed by atoms with Gasteiger partial charge in [0.25, 0.3) is 0 Å². The van der Waals surface area contributed by atoms with Crippen LogP contribution in [0, 0.1) is 0 Å². The lowest BCUT2D eigenvalue weighted by atomic mass is 10.3. The zero-order chi connectivity index (χ0) is 12.3. The number of hydrogen-bond acceptors (Lipinski definition) is 5. The molecule has 0 spiro atoms. The third-order valence-electron chi connectivity index (χ3n) is 2.58. The number of aliphatic hydroxyl groups is 1. The molecule has 1 heterocycles. The van der Waals surface area contributed by atoms with Gasteiger partial charge in [-0.05, 0) is 25.7 Å². The predicted molar refractivity (Wildman–Crippen MR) is 67.8 cm³/mol. The first-order valence-corrected chi connectivity index (χ1v) is 8.21. The van der Waals surface area contributed by atoms with Gasteiger partial charge in [0.05, 0.1) is 11.4 Å². The van der Waals surface area contributed by atoms with Crippen molar-refractivity contribution in [3.8, 4) is 0 Å². The third-order valence-corrected chi connectivity index (χ3v) is 4.82. The fraction of sp³-hybridized carbons (Fsp3) is 0.700. The van der Waals surface area contributed by atoms with Crippen molar-refractivity contribution in [1.82, 2.24) is 4.98 Å². The van der Waals surface area contributed by atoms with Crippen molar-refractivity contribution < 1.29 is 13.5 Å². The van der Waals surface area contributed by atoms with Gasteiger partial charge >= 0.3 is 0 Å². The van der Waals surface area contributed by atoms with Crippen LogP contribution in [0.3, 0.4) is 0 Å². The van der Waals surface area contributed by atoms with Crippen molar-refractivity contribution in [2.45, 2.75) is 31.6 Å². The van der Waals surface area contributed by atoms with Gasteiger partial charge in [-0.2, -0.15) is 0 Å². The Morgan fingerprint density at radius 1 is 1.47 bits per heavy atom. The Kier molecular flexibility index (Phi) is 4.01. The lowest BCUT2D eigenvalue weighted by Gasteiger charge is -2.03. The minimum Gasteiger partial charge on any atom is -0.396 e. The molecular formula is C10H16N2O3S2. The topological polar surface area (TPSA) is 79.3 Å². The Hall–Kier alpha value is -0.660. The Morgan fingerprint density at radius 3 is 2.88 bits per heavy atom. The second kappa shape index (κ2) is 5.32. The lowest BCUT2D eigenvalue weighted by Crippen LogP contribution is -2.16. The van der Waals surface area contributed by atoms with Gasteiger partial charge in [-0.15, -0.1) is 11.3 Å². The van der Waals surface area contributed by atoms with E-state index in [1.165, 1.54) is 11.3 Å². The highest BCUT2D eigenvalue weighted by Gasteiger charge is 2.26. The number of hydrogen-bond donors (Lipinski definition) is 2. The standard InChI is InChI=1S/C10H16N2O3S2/c13-5-1-2-6-17(14,15)12-10-11-9(7-16-10)8-3-4-8/h7-8,13H,1-6H2,(H,11,12). The van der Waals surface area contributed by atoms with Crippen molar-refractivity contribution in [2.24, 2.45) is 0 Å². The quantitative estimate of drug-likeness (QED) is 0.740. The van der Waals surface area contributed by atoms with Gasteiger partial charge in [-0.1, -0.05) is 0 Å². The van der Waals surface area contributed by atoms with E-state index >= 15 is 0 Å². The molecule has 1 aliphatic rings. The summed E-state index contributed by atoms with van der Waals surface area (Å²) in [5.41, 5.74) is 1.00. The molecular weight excluding hydrogens is 260 g/mol. The van der Waals surface area contributed by atoms with Gasteiger partial charge < -0.3 is 5.11 Å². The number of sulfonamides is 1. The molecule has 0 aliphatic heterocycles. The number of aliphatic hydroxyl groups excluding tert-OH is 1. The van der Waals surface area contributed by atoms with Crippen molar-refractivity contribution >= 4 is 26.5 Å². The Labute approximate surface area is 105 Å². The molecule has 0 unspecified atom stereocenters. The smallest absolute Gasteiger partial charge is 0.234 e. The van der Waals surface area contributed by atoms with Crippen molar-refractivity contribution in [3.63, 3.8) is 0 Å². The highest BCUT2D eigenvalue weighted by Crippen LogP contribution is 2.40. The molecule has 17 heavy (non-hydrogen) atoms. The highest BCUT2D eigenvalue weighted by molar-refractivity contribution is 7.92.